The number of amides is 1. The van der Waals surface area contributed by atoms with Gasteiger partial charge in [-0.1, -0.05) is 50.2 Å². The molecule has 0 aliphatic carbocycles. The van der Waals surface area contributed by atoms with E-state index < -0.39 is 7.37 Å². The molecule has 36 heavy (non-hydrogen) atoms. The summed E-state index contributed by atoms with van der Waals surface area (Å²) in [5.41, 5.74) is 16.7. The van der Waals surface area contributed by atoms with Gasteiger partial charge in [0.2, 0.25) is 7.37 Å². The summed E-state index contributed by atoms with van der Waals surface area (Å²) in [5.74, 6) is 0.0715. The monoisotopic (exact) mass is 519 g/mol. The molecule has 0 saturated heterocycles. The standard InChI is InChI=1S/C28H30N3O3PS/c1-18(2)15-22-5-3-6-25(27(22)30)35(33,34)17-19-8-10-20(11-9-19)28(32)31-24-16-21(12-13-23(24)29)26-7-4-14-36-26/h3-14,16,18H,15,17,29-30H2,1-2H3,(H,31,32)(H,33,34). The molecule has 4 aromatic rings. The maximum absolute atomic E-state index is 13.3. The summed E-state index contributed by atoms with van der Waals surface area (Å²) in [7, 11) is -3.75. The zero-order chi connectivity index (χ0) is 25.9. The maximum atomic E-state index is 13.3. The smallest absolute Gasteiger partial charge is 0.255 e. The first-order chi connectivity index (χ1) is 17.1. The van der Waals surface area contributed by atoms with Crippen LogP contribution in [-0.2, 0) is 17.1 Å². The molecule has 8 heteroatoms. The Morgan fingerprint density at radius 3 is 2.44 bits per heavy atom. The Morgan fingerprint density at radius 2 is 1.78 bits per heavy atom. The lowest BCUT2D eigenvalue weighted by molar-refractivity contribution is 0.102. The molecular formula is C28H30N3O3PS. The number of carbonyl (C=O) groups is 1. The predicted molar refractivity (Wildman–Crippen MR) is 151 cm³/mol. The lowest BCUT2D eigenvalue weighted by Crippen LogP contribution is -2.15. The molecular weight excluding hydrogens is 489 g/mol. The molecule has 0 aliphatic rings. The third-order valence-corrected chi connectivity index (χ3v) is 8.75. The molecule has 1 heterocycles. The second-order valence-corrected chi connectivity index (χ2v) is 12.4. The summed E-state index contributed by atoms with van der Waals surface area (Å²) in [4.78, 5) is 24.8. The highest BCUT2D eigenvalue weighted by Crippen LogP contribution is 2.45. The van der Waals surface area contributed by atoms with Gasteiger partial charge < -0.3 is 21.7 Å². The average Bonchev–Trinajstić information content (AvgIpc) is 3.37. The Balaban J connectivity index is 1.48. The van der Waals surface area contributed by atoms with Gasteiger partial charge in [-0.05, 0) is 70.8 Å². The van der Waals surface area contributed by atoms with Crippen LogP contribution in [0.3, 0.4) is 0 Å². The normalized spacial score (nSPS) is 12.9. The van der Waals surface area contributed by atoms with E-state index in [-0.39, 0.29) is 17.4 Å². The summed E-state index contributed by atoms with van der Waals surface area (Å²) < 4.78 is 13.3. The molecule has 0 fully saturated rings. The van der Waals surface area contributed by atoms with E-state index in [2.05, 4.69) is 19.2 Å². The van der Waals surface area contributed by atoms with E-state index in [0.717, 1.165) is 22.4 Å². The fraction of sp³-hybridized carbons (Fsp3) is 0.179. The van der Waals surface area contributed by atoms with E-state index in [1.54, 1.807) is 53.8 Å². The molecule has 1 aromatic heterocycles. The minimum absolute atomic E-state index is 0.0694. The van der Waals surface area contributed by atoms with Crippen molar-refractivity contribution in [3.8, 4) is 10.4 Å². The Morgan fingerprint density at radius 1 is 1.03 bits per heavy atom. The molecule has 0 radical (unpaired) electrons. The Hall–Kier alpha value is -3.38. The SMILES string of the molecule is CC(C)Cc1cccc(P(=O)(O)Cc2ccc(C(=O)Nc3cc(-c4cccs4)ccc3N)cc2)c1N. The molecule has 1 unspecified atom stereocenters. The van der Waals surface area contributed by atoms with E-state index in [0.29, 0.717) is 34.1 Å². The number of nitrogen functional groups attached to an aromatic ring is 2. The number of para-hydroxylation sites is 1. The molecule has 3 aromatic carbocycles. The third-order valence-electron chi connectivity index (χ3n) is 5.90. The number of nitrogens with two attached hydrogens (primary N) is 2. The van der Waals surface area contributed by atoms with Gasteiger partial charge in [0.1, 0.15) is 0 Å². The topological polar surface area (TPSA) is 118 Å². The highest BCUT2D eigenvalue weighted by Gasteiger charge is 2.26. The second-order valence-electron chi connectivity index (χ2n) is 9.24. The minimum atomic E-state index is -3.75. The number of nitrogens with one attached hydrogen (secondary N) is 1. The molecule has 0 saturated carbocycles. The lowest BCUT2D eigenvalue weighted by Gasteiger charge is -2.17. The Labute approximate surface area is 215 Å². The summed E-state index contributed by atoms with van der Waals surface area (Å²) in [6, 6.07) is 21.5. The molecule has 1 atom stereocenters. The number of benzene rings is 3. The zero-order valence-electron chi connectivity index (χ0n) is 20.3. The van der Waals surface area contributed by atoms with E-state index in [9.17, 15) is 14.3 Å². The van der Waals surface area contributed by atoms with Crippen LogP contribution in [0.2, 0.25) is 0 Å². The van der Waals surface area contributed by atoms with Gasteiger partial charge >= 0.3 is 0 Å². The van der Waals surface area contributed by atoms with E-state index in [1.807, 2.05) is 35.7 Å². The number of thiophene rings is 1. The van der Waals surface area contributed by atoms with Crippen LogP contribution in [0, 0.1) is 5.92 Å². The zero-order valence-corrected chi connectivity index (χ0v) is 22.0. The first-order valence-corrected chi connectivity index (χ1v) is 14.4. The number of rotatable bonds is 8. The fourth-order valence-corrected chi connectivity index (χ4v) is 6.51. The summed E-state index contributed by atoms with van der Waals surface area (Å²) >= 11 is 1.61. The van der Waals surface area contributed by atoms with E-state index >= 15 is 0 Å². The Kier molecular flexibility index (Phi) is 7.65. The lowest BCUT2D eigenvalue weighted by atomic mass is 10.0. The minimum Gasteiger partial charge on any atom is -0.398 e. The van der Waals surface area contributed by atoms with Crippen molar-refractivity contribution in [2.75, 3.05) is 16.8 Å². The van der Waals surface area contributed by atoms with Gasteiger partial charge in [-0.2, -0.15) is 0 Å². The molecule has 6 nitrogen and oxygen atoms in total. The Bertz CT molecular complexity index is 1420. The number of carbonyl (C=O) groups excluding carboxylic acids is 1. The van der Waals surface area contributed by atoms with Crippen LogP contribution in [0.15, 0.2) is 78.2 Å². The van der Waals surface area contributed by atoms with Crippen LogP contribution < -0.4 is 22.1 Å². The highest BCUT2D eigenvalue weighted by molar-refractivity contribution is 7.65. The van der Waals surface area contributed by atoms with Crippen molar-refractivity contribution in [2.45, 2.75) is 26.4 Å². The third kappa shape index (κ3) is 5.88. The van der Waals surface area contributed by atoms with Crippen LogP contribution in [0.25, 0.3) is 10.4 Å². The van der Waals surface area contributed by atoms with Crippen molar-refractivity contribution in [3.05, 3.63) is 94.9 Å². The van der Waals surface area contributed by atoms with Crippen LogP contribution in [0.5, 0.6) is 0 Å². The quantitative estimate of drug-likeness (QED) is 0.165. The van der Waals surface area contributed by atoms with Crippen molar-refractivity contribution in [2.24, 2.45) is 5.92 Å². The molecule has 0 aliphatic heterocycles. The van der Waals surface area contributed by atoms with Gasteiger partial charge in [0, 0.05) is 16.1 Å². The second kappa shape index (κ2) is 10.7. The van der Waals surface area contributed by atoms with Gasteiger partial charge in [-0.15, -0.1) is 11.3 Å². The summed E-state index contributed by atoms with van der Waals surface area (Å²) in [5, 5.41) is 5.15. The van der Waals surface area contributed by atoms with Crippen molar-refractivity contribution >= 4 is 47.0 Å². The number of hydrogen-bond donors (Lipinski definition) is 4. The van der Waals surface area contributed by atoms with Crippen molar-refractivity contribution in [3.63, 3.8) is 0 Å². The maximum Gasteiger partial charge on any atom is 0.255 e. The van der Waals surface area contributed by atoms with Crippen LogP contribution >= 0.6 is 18.7 Å². The number of anilines is 3. The van der Waals surface area contributed by atoms with Gasteiger partial charge in [-0.25, -0.2) is 0 Å². The van der Waals surface area contributed by atoms with Crippen molar-refractivity contribution in [1.29, 1.82) is 0 Å². The predicted octanol–water partition coefficient (Wildman–Crippen LogP) is 6.13. The van der Waals surface area contributed by atoms with Gasteiger partial charge in [0.05, 0.1) is 22.8 Å². The average molecular weight is 520 g/mol. The van der Waals surface area contributed by atoms with E-state index in [4.69, 9.17) is 11.5 Å². The molecule has 6 N–H and O–H groups in total. The van der Waals surface area contributed by atoms with E-state index in [1.165, 1.54) is 0 Å². The van der Waals surface area contributed by atoms with Crippen LogP contribution in [-0.4, -0.2) is 10.8 Å². The van der Waals surface area contributed by atoms with Crippen LogP contribution in [0.1, 0.15) is 35.3 Å². The first-order valence-electron chi connectivity index (χ1n) is 11.7. The molecule has 0 spiro atoms. The van der Waals surface area contributed by atoms with Gasteiger partial charge in [-0.3, -0.25) is 9.36 Å². The molecule has 186 valence electrons. The van der Waals surface area contributed by atoms with Crippen molar-refractivity contribution < 1.29 is 14.3 Å². The summed E-state index contributed by atoms with van der Waals surface area (Å²) in [6.07, 6.45) is 0.671. The highest BCUT2D eigenvalue weighted by atomic mass is 32.1. The largest absolute Gasteiger partial charge is 0.398 e. The van der Waals surface area contributed by atoms with Gasteiger partial charge in [0.15, 0.2) is 0 Å². The van der Waals surface area contributed by atoms with Gasteiger partial charge in [0.25, 0.3) is 5.91 Å². The van der Waals surface area contributed by atoms with Crippen LogP contribution in [0.4, 0.5) is 17.1 Å². The molecule has 1 amide bonds. The fourth-order valence-electron chi connectivity index (χ4n) is 4.07. The molecule has 4 rings (SSSR count). The molecule has 0 bridgehead atoms. The summed E-state index contributed by atoms with van der Waals surface area (Å²) in [6.45, 7) is 4.16. The van der Waals surface area contributed by atoms with Crippen molar-refractivity contribution in [1.82, 2.24) is 0 Å². The number of hydrogen-bond acceptors (Lipinski definition) is 5. The first kappa shape index (κ1) is 25.7.